The third kappa shape index (κ3) is 4.16. The van der Waals surface area contributed by atoms with Crippen LogP contribution in [0.25, 0.3) is 0 Å². The van der Waals surface area contributed by atoms with Gasteiger partial charge < -0.3 is 5.32 Å². The van der Waals surface area contributed by atoms with E-state index in [0.717, 1.165) is 17.7 Å². The Morgan fingerprint density at radius 2 is 1.81 bits per heavy atom. The molecule has 0 radical (unpaired) electrons. The van der Waals surface area contributed by atoms with E-state index in [1.165, 1.54) is 0 Å². The highest BCUT2D eigenvalue weighted by atomic mass is 35.5. The number of likely N-dealkylation sites (N-methyl/N-ethyl adjacent to an activating group) is 1. The summed E-state index contributed by atoms with van der Waals surface area (Å²) in [6.45, 7) is 2.62. The van der Waals surface area contributed by atoms with Gasteiger partial charge in [-0.3, -0.25) is 0 Å². The lowest BCUT2D eigenvalue weighted by atomic mass is 9.98. The van der Waals surface area contributed by atoms with Gasteiger partial charge in [0.25, 0.3) is 0 Å². The quantitative estimate of drug-likeness (QED) is 0.746. The topological polar surface area (TPSA) is 12.0 Å². The molecule has 2 aromatic rings. The summed E-state index contributed by atoms with van der Waals surface area (Å²) in [5.74, 6) is -1.84. The molecule has 0 saturated carbocycles. The first-order valence-corrected chi connectivity index (χ1v) is 7.39. The molecule has 2 rings (SSSR count). The Kier molecular flexibility index (Phi) is 5.57. The van der Waals surface area contributed by atoms with Gasteiger partial charge in [0.1, 0.15) is 0 Å². The summed E-state index contributed by atoms with van der Waals surface area (Å²) in [4.78, 5) is 0. The van der Waals surface area contributed by atoms with E-state index in [0.29, 0.717) is 23.6 Å². The van der Waals surface area contributed by atoms with Gasteiger partial charge in [0.05, 0.1) is 0 Å². The van der Waals surface area contributed by atoms with Crippen LogP contribution >= 0.6 is 23.2 Å². The number of hydrogen-bond acceptors (Lipinski definition) is 1. The van der Waals surface area contributed by atoms with Crippen LogP contribution in [-0.2, 0) is 6.42 Å². The van der Waals surface area contributed by atoms with Crippen molar-refractivity contribution in [1.29, 1.82) is 0 Å². The van der Waals surface area contributed by atoms with E-state index in [2.05, 4.69) is 5.32 Å². The Hall–Kier alpha value is -1.16. The normalized spacial score (nSPS) is 12.4. The van der Waals surface area contributed by atoms with Gasteiger partial charge in [-0.05, 0) is 48.4 Å². The van der Waals surface area contributed by atoms with Crippen LogP contribution in [-0.4, -0.2) is 6.54 Å². The van der Waals surface area contributed by atoms with Crippen LogP contribution in [0, 0.1) is 11.6 Å². The molecule has 2 aromatic carbocycles. The van der Waals surface area contributed by atoms with Crippen LogP contribution in [0.4, 0.5) is 8.78 Å². The number of halogens is 4. The third-order valence-electron chi connectivity index (χ3n) is 3.19. The maximum Gasteiger partial charge on any atom is 0.160 e. The number of nitrogens with one attached hydrogen (secondary N) is 1. The Labute approximate surface area is 132 Å². The molecule has 1 unspecified atom stereocenters. The molecule has 0 bridgehead atoms. The largest absolute Gasteiger partial charge is 0.310 e. The van der Waals surface area contributed by atoms with Crippen LogP contribution in [0.2, 0.25) is 10.0 Å². The zero-order valence-corrected chi connectivity index (χ0v) is 13.0. The van der Waals surface area contributed by atoms with Crippen molar-refractivity contribution in [2.45, 2.75) is 19.4 Å². The highest BCUT2D eigenvalue weighted by Gasteiger charge is 2.17. The van der Waals surface area contributed by atoms with Gasteiger partial charge in [-0.2, -0.15) is 0 Å². The van der Waals surface area contributed by atoms with Crippen LogP contribution in [0.5, 0.6) is 0 Å². The molecule has 0 aliphatic heterocycles. The van der Waals surface area contributed by atoms with Crippen LogP contribution in [0.15, 0.2) is 36.4 Å². The second kappa shape index (κ2) is 7.21. The fourth-order valence-electron chi connectivity index (χ4n) is 2.24. The van der Waals surface area contributed by atoms with Crippen LogP contribution in [0.3, 0.4) is 0 Å². The van der Waals surface area contributed by atoms with Crippen molar-refractivity contribution in [3.8, 4) is 0 Å². The summed E-state index contributed by atoms with van der Waals surface area (Å²) < 4.78 is 26.7. The second-order valence-electron chi connectivity index (χ2n) is 4.73. The predicted molar refractivity (Wildman–Crippen MR) is 82.9 cm³/mol. The molecule has 112 valence electrons. The fraction of sp³-hybridized carbons (Fsp3) is 0.250. The summed E-state index contributed by atoms with van der Waals surface area (Å²) in [7, 11) is 0. The maximum absolute atomic E-state index is 13.5. The molecule has 1 N–H and O–H groups in total. The molecule has 0 fully saturated rings. The second-order valence-corrected chi connectivity index (χ2v) is 5.58. The van der Waals surface area contributed by atoms with Gasteiger partial charge in [0.2, 0.25) is 0 Å². The standard InChI is InChI=1S/C16H15Cl2F2N/c1-2-21-16(7-10-4-3-5-11(17)6-10)12-8-14(19)15(20)9-13(12)18/h3-6,8-9,16,21H,2,7H2,1H3. The molecule has 0 aliphatic carbocycles. The Bertz CT molecular complexity index is 632. The first kappa shape index (κ1) is 16.2. The zero-order valence-electron chi connectivity index (χ0n) is 11.5. The molecular formula is C16H15Cl2F2N. The summed E-state index contributed by atoms with van der Waals surface area (Å²) >= 11 is 12.0. The van der Waals surface area contributed by atoms with Crippen molar-refractivity contribution >= 4 is 23.2 Å². The van der Waals surface area contributed by atoms with Crippen LogP contribution < -0.4 is 5.32 Å². The summed E-state index contributed by atoms with van der Waals surface area (Å²) in [6.07, 6.45) is 0.583. The minimum absolute atomic E-state index is 0.210. The van der Waals surface area contributed by atoms with Gasteiger partial charge in [0, 0.05) is 16.1 Å². The monoisotopic (exact) mass is 329 g/mol. The SMILES string of the molecule is CCNC(Cc1cccc(Cl)c1)c1cc(F)c(F)cc1Cl. The number of hydrogen-bond donors (Lipinski definition) is 1. The maximum atomic E-state index is 13.5. The molecule has 1 atom stereocenters. The van der Waals surface area contributed by atoms with E-state index < -0.39 is 11.6 Å². The molecule has 5 heteroatoms. The molecule has 0 spiro atoms. The lowest BCUT2D eigenvalue weighted by Crippen LogP contribution is -2.23. The first-order valence-electron chi connectivity index (χ1n) is 6.63. The zero-order chi connectivity index (χ0) is 15.4. The van der Waals surface area contributed by atoms with Crippen molar-refractivity contribution in [2.75, 3.05) is 6.54 Å². The van der Waals surface area contributed by atoms with Gasteiger partial charge in [-0.1, -0.05) is 42.3 Å². The molecule has 0 amide bonds. The summed E-state index contributed by atoms with van der Waals surface area (Å²) in [6, 6.07) is 9.37. The molecule has 0 saturated heterocycles. The first-order chi connectivity index (χ1) is 10.0. The van der Waals surface area contributed by atoms with E-state index in [9.17, 15) is 8.78 Å². The fourth-order valence-corrected chi connectivity index (χ4v) is 2.74. The molecule has 21 heavy (non-hydrogen) atoms. The minimum Gasteiger partial charge on any atom is -0.310 e. The Morgan fingerprint density at radius 1 is 1.10 bits per heavy atom. The van der Waals surface area contributed by atoms with Crippen molar-refractivity contribution in [1.82, 2.24) is 5.32 Å². The van der Waals surface area contributed by atoms with Gasteiger partial charge in [0.15, 0.2) is 11.6 Å². The predicted octanol–water partition coefficient (Wildman–Crippen LogP) is 5.16. The van der Waals surface area contributed by atoms with Gasteiger partial charge >= 0.3 is 0 Å². The van der Waals surface area contributed by atoms with E-state index >= 15 is 0 Å². The average molecular weight is 330 g/mol. The van der Waals surface area contributed by atoms with Crippen molar-refractivity contribution in [3.63, 3.8) is 0 Å². The highest BCUT2D eigenvalue weighted by molar-refractivity contribution is 6.31. The molecule has 1 nitrogen and oxygen atoms in total. The summed E-state index contributed by atoms with van der Waals surface area (Å²) in [5.41, 5.74) is 1.53. The number of rotatable bonds is 5. The molecular weight excluding hydrogens is 315 g/mol. The van der Waals surface area contributed by atoms with Crippen LogP contribution in [0.1, 0.15) is 24.1 Å². The third-order valence-corrected chi connectivity index (χ3v) is 3.76. The van der Waals surface area contributed by atoms with E-state index in [1.54, 1.807) is 6.07 Å². The highest BCUT2D eigenvalue weighted by Crippen LogP contribution is 2.28. The Balaban J connectivity index is 2.33. The smallest absolute Gasteiger partial charge is 0.160 e. The number of benzene rings is 2. The van der Waals surface area contributed by atoms with Crippen molar-refractivity contribution in [2.24, 2.45) is 0 Å². The van der Waals surface area contributed by atoms with Crippen molar-refractivity contribution < 1.29 is 8.78 Å². The molecule has 0 aliphatic rings. The average Bonchev–Trinajstić information content (AvgIpc) is 2.42. The van der Waals surface area contributed by atoms with Crippen molar-refractivity contribution in [3.05, 3.63) is 69.2 Å². The van der Waals surface area contributed by atoms with E-state index in [4.69, 9.17) is 23.2 Å². The molecule has 0 heterocycles. The van der Waals surface area contributed by atoms with Gasteiger partial charge in [-0.25, -0.2) is 8.78 Å². The minimum atomic E-state index is -0.943. The summed E-state index contributed by atoms with van der Waals surface area (Å²) in [5, 5.41) is 4.09. The lowest BCUT2D eigenvalue weighted by Gasteiger charge is -2.20. The van der Waals surface area contributed by atoms with E-state index in [1.807, 2.05) is 25.1 Å². The van der Waals surface area contributed by atoms with Gasteiger partial charge in [-0.15, -0.1) is 0 Å². The molecule has 0 aromatic heterocycles. The Morgan fingerprint density at radius 3 is 2.48 bits per heavy atom. The lowest BCUT2D eigenvalue weighted by molar-refractivity contribution is 0.497. The van der Waals surface area contributed by atoms with E-state index in [-0.39, 0.29) is 11.1 Å².